The lowest BCUT2D eigenvalue weighted by Gasteiger charge is -2.20. The summed E-state index contributed by atoms with van der Waals surface area (Å²) in [4.78, 5) is 32.3. The largest absolute Gasteiger partial charge is 0.451 e. The van der Waals surface area contributed by atoms with Crippen LogP contribution in [0.1, 0.15) is 33.6 Å². The quantitative estimate of drug-likeness (QED) is 0.639. The van der Waals surface area contributed by atoms with Crippen molar-refractivity contribution in [3.63, 3.8) is 0 Å². The van der Waals surface area contributed by atoms with Gasteiger partial charge in [0.15, 0.2) is 16.5 Å². The highest BCUT2D eigenvalue weighted by atomic mass is 32.2. The van der Waals surface area contributed by atoms with Gasteiger partial charge in [0, 0.05) is 6.42 Å². The third kappa shape index (κ3) is 3.48. The first-order valence-corrected chi connectivity index (χ1v) is 9.19. The molecule has 2 heterocycles. The molecule has 1 aromatic heterocycles. The first kappa shape index (κ1) is 17.0. The van der Waals surface area contributed by atoms with Crippen molar-refractivity contribution in [3.8, 4) is 0 Å². The number of H-pyrrole nitrogens is 1. The molecular formula is C18H22N2O3S. The number of para-hydroxylation sites is 2. The lowest BCUT2D eigenvalue weighted by Crippen LogP contribution is -2.36. The number of nitrogens with zero attached hydrogens (tertiary/aromatic N) is 1. The first-order valence-electron chi connectivity index (χ1n) is 8.21. The Balaban J connectivity index is 1.63. The Bertz CT molecular complexity index is 737. The molecule has 0 saturated carbocycles. The number of hydrogen-bond acceptors (Lipinski definition) is 5. The zero-order valence-electron chi connectivity index (χ0n) is 14.2. The van der Waals surface area contributed by atoms with Gasteiger partial charge in [-0.05, 0) is 31.4 Å². The number of Topliss-reactive ketones (excluding diaryl/α,β-unsaturated/α-hetero) is 1. The summed E-state index contributed by atoms with van der Waals surface area (Å²) < 4.78 is 5.44. The summed E-state index contributed by atoms with van der Waals surface area (Å²) in [6.07, 6.45) is 1.24. The van der Waals surface area contributed by atoms with Crippen LogP contribution in [0.5, 0.6) is 0 Å². The van der Waals surface area contributed by atoms with Crippen LogP contribution in [0, 0.1) is 11.8 Å². The SMILES string of the molecule is CC(C)C[C@H]1C[C@](C)(C(=O)CSc2nc3ccccc3[nH]2)OC1=O. The van der Waals surface area contributed by atoms with E-state index in [2.05, 4.69) is 23.8 Å². The number of carbonyl (C=O) groups is 2. The number of nitrogens with one attached hydrogen (secondary N) is 1. The highest BCUT2D eigenvalue weighted by Gasteiger charge is 2.48. The van der Waals surface area contributed by atoms with Crippen molar-refractivity contribution in [2.75, 3.05) is 5.75 Å². The van der Waals surface area contributed by atoms with Crippen molar-refractivity contribution >= 4 is 34.5 Å². The summed E-state index contributed by atoms with van der Waals surface area (Å²) in [6, 6.07) is 7.74. The lowest BCUT2D eigenvalue weighted by molar-refractivity contribution is -0.156. The molecule has 2 aromatic rings. The number of esters is 1. The van der Waals surface area contributed by atoms with Gasteiger partial charge in [0.25, 0.3) is 0 Å². The molecule has 1 saturated heterocycles. The Morgan fingerprint density at radius 1 is 1.46 bits per heavy atom. The zero-order chi connectivity index (χ0) is 17.3. The van der Waals surface area contributed by atoms with Crippen LogP contribution in [0.4, 0.5) is 0 Å². The number of aromatic nitrogens is 2. The van der Waals surface area contributed by atoms with E-state index < -0.39 is 5.60 Å². The van der Waals surface area contributed by atoms with E-state index in [-0.39, 0.29) is 23.4 Å². The number of thioether (sulfide) groups is 1. The van der Waals surface area contributed by atoms with Crippen molar-refractivity contribution in [1.29, 1.82) is 0 Å². The number of rotatable bonds is 6. The fourth-order valence-corrected chi connectivity index (χ4v) is 4.02. The topological polar surface area (TPSA) is 72.1 Å². The molecule has 6 heteroatoms. The second-order valence-corrected chi connectivity index (χ2v) is 7.92. The second-order valence-electron chi connectivity index (χ2n) is 6.95. The molecule has 1 N–H and O–H groups in total. The number of ether oxygens (including phenoxy) is 1. The molecule has 0 radical (unpaired) electrons. The van der Waals surface area contributed by atoms with Gasteiger partial charge in [0.1, 0.15) is 0 Å². The number of carbonyl (C=O) groups excluding carboxylic acids is 2. The summed E-state index contributed by atoms with van der Waals surface area (Å²) in [7, 11) is 0. The smallest absolute Gasteiger partial charge is 0.310 e. The number of hydrogen-bond donors (Lipinski definition) is 1. The van der Waals surface area contributed by atoms with E-state index in [4.69, 9.17) is 4.74 Å². The number of aromatic amines is 1. The third-order valence-corrected chi connectivity index (χ3v) is 5.22. The van der Waals surface area contributed by atoms with E-state index in [1.165, 1.54) is 11.8 Å². The van der Waals surface area contributed by atoms with Crippen molar-refractivity contribution in [3.05, 3.63) is 24.3 Å². The monoisotopic (exact) mass is 346 g/mol. The van der Waals surface area contributed by atoms with E-state index in [1.807, 2.05) is 24.3 Å². The average molecular weight is 346 g/mol. The molecule has 0 spiro atoms. The molecule has 3 rings (SSSR count). The summed E-state index contributed by atoms with van der Waals surface area (Å²) >= 11 is 1.35. The summed E-state index contributed by atoms with van der Waals surface area (Å²) in [5.41, 5.74) is 0.821. The van der Waals surface area contributed by atoms with Gasteiger partial charge in [-0.15, -0.1) is 0 Å². The molecule has 0 unspecified atom stereocenters. The van der Waals surface area contributed by atoms with E-state index in [0.29, 0.717) is 17.5 Å². The molecule has 5 nitrogen and oxygen atoms in total. The predicted octanol–water partition coefficient (Wildman–Crippen LogP) is 3.59. The molecule has 2 atom stereocenters. The maximum absolute atomic E-state index is 12.6. The number of benzene rings is 1. The van der Waals surface area contributed by atoms with Gasteiger partial charge < -0.3 is 9.72 Å². The molecule has 24 heavy (non-hydrogen) atoms. The van der Waals surface area contributed by atoms with Crippen molar-refractivity contribution < 1.29 is 14.3 Å². The zero-order valence-corrected chi connectivity index (χ0v) is 15.0. The fraction of sp³-hybridized carbons (Fsp3) is 0.500. The molecule has 0 bridgehead atoms. The maximum atomic E-state index is 12.6. The van der Waals surface area contributed by atoms with E-state index in [0.717, 1.165) is 17.5 Å². The van der Waals surface area contributed by atoms with Crippen LogP contribution in [-0.2, 0) is 14.3 Å². The third-order valence-electron chi connectivity index (χ3n) is 4.35. The molecular weight excluding hydrogens is 324 g/mol. The Morgan fingerprint density at radius 2 is 2.21 bits per heavy atom. The molecule has 1 fully saturated rings. The predicted molar refractivity (Wildman–Crippen MR) is 93.9 cm³/mol. The van der Waals surface area contributed by atoms with Gasteiger partial charge in [-0.1, -0.05) is 37.7 Å². The number of fused-ring (bicyclic) bond motifs is 1. The number of ketones is 1. The Morgan fingerprint density at radius 3 is 2.92 bits per heavy atom. The summed E-state index contributed by atoms with van der Waals surface area (Å²) in [5.74, 6) is 0.166. The maximum Gasteiger partial charge on any atom is 0.310 e. The van der Waals surface area contributed by atoms with E-state index in [9.17, 15) is 9.59 Å². The van der Waals surface area contributed by atoms with Gasteiger partial charge in [0.05, 0.1) is 22.7 Å². The van der Waals surface area contributed by atoms with E-state index in [1.54, 1.807) is 6.92 Å². The van der Waals surface area contributed by atoms with Crippen molar-refractivity contribution in [1.82, 2.24) is 9.97 Å². The van der Waals surface area contributed by atoms with Crippen LogP contribution in [-0.4, -0.2) is 33.1 Å². The van der Waals surface area contributed by atoms with Gasteiger partial charge in [-0.25, -0.2) is 4.98 Å². The minimum atomic E-state index is -1.00. The standard InChI is InChI=1S/C18H22N2O3S/c1-11(2)8-12-9-18(3,23-16(12)22)15(21)10-24-17-19-13-6-4-5-7-14(13)20-17/h4-7,11-12H,8-10H2,1-3H3,(H,19,20)/t12-,18+/m0/s1. The van der Waals surface area contributed by atoms with Crippen LogP contribution in [0.15, 0.2) is 29.4 Å². The van der Waals surface area contributed by atoms with Crippen LogP contribution in [0.25, 0.3) is 11.0 Å². The Labute approximate surface area is 145 Å². The highest BCUT2D eigenvalue weighted by Crippen LogP contribution is 2.36. The Hall–Kier alpha value is -1.82. The number of imidazole rings is 1. The van der Waals surface area contributed by atoms with Crippen LogP contribution < -0.4 is 0 Å². The lowest BCUT2D eigenvalue weighted by atomic mass is 9.88. The van der Waals surface area contributed by atoms with Gasteiger partial charge >= 0.3 is 5.97 Å². The Kier molecular flexibility index (Phi) is 4.67. The molecule has 0 aliphatic carbocycles. The molecule has 128 valence electrons. The fourth-order valence-electron chi connectivity index (χ4n) is 3.10. The van der Waals surface area contributed by atoms with Gasteiger partial charge in [-0.3, -0.25) is 9.59 Å². The van der Waals surface area contributed by atoms with Crippen LogP contribution >= 0.6 is 11.8 Å². The van der Waals surface area contributed by atoms with Crippen LogP contribution in [0.2, 0.25) is 0 Å². The molecule has 1 aliphatic rings. The number of cyclic esters (lactones) is 1. The highest BCUT2D eigenvalue weighted by molar-refractivity contribution is 7.99. The van der Waals surface area contributed by atoms with E-state index >= 15 is 0 Å². The minimum Gasteiger partial charge on any atom is -0.451 e. The normalized spacial score (nSPS) is 23.8. The van der Waals surface area contributed by atoms with Crippen molar-refractivity contribution in [2.24, 2.45) is 11.8 Å². The minimum absolute atomic E-state index is 0.0624. The molecule has 1 aliphatic heterocycles. The van der Waals surface area contributed by atoms with Crippen LogP contribution in [0.3, 0.4) is 0 Å². The average Bonchev–Trinajstić information content (AvgIpc) is 3.05. The summed E-state index contributed by atoms with van der Waals surface area (Å²) in [5, 5.41) is 0.705. The summed E-state index contributed by atoms with van der Waals surface area (Å²) in [6.45, 7) is 5.87. The second kappa shape index (κ2) is 6.59. The van der Waals surface area contributed by atoms with Gasteiger partial charge in [-0.2, -0.15) is 0 Å². The molecule has 0 amide bonds. The van der Waals surface area contributed by atoms with Crippen molar-refractivity contribution in [2.45, 2.75) is 44.4 Å². The first-order chi connectivity index (χ1) is 11.4. The van der Waals surface area contributed by atoms with Gasteiger partial charge in [0.2, 0.25) is 0 Å². The molecule has 1 aromatic carbocycles.